The Morgan fingerprint density at radius 3 is 2.90 bits per heavy atom. The number of aromatic amines is 1. The molecule has 6 nitrogen and oxygen atoms in total. The second kappa shape index (κ2) is 4.68. The molecule has 0 aromatic carbocycles. The fraction of sp³-hybridized carbons (Fsp3) is 0.600. The zero-order chi connectivity index (χ0) is 15.3. The molecule has 0 bridgehead atoms. The number of ether oxygens (including phenoxy) is 1. The molecule has 1 saturated heterocycles. The van der Waals surface area contributed by atoms with Crippen molar-refractivity contribution in [2.45, 2.75) is 57.9 Å². The van der Waals surface area contributed by atoms with Gasteiger partial charge in [-0.25, -0.2) is 9.50 Å². The third kappa shape index (κ3) is 2.73. The van der Waals surface area contributed by atoms with Crippen molar-refractivity contribution in [3.8, 4) is 0 Å². The fourth-order valence-corrected chi connectivity index (χ4v) is 3.18. The Labute approximate surface area is 123 Å². The first-order chi connectivity index (χ1) is 9.77. The van der Waals surface area contributed by atoms with Crippen LogP contribution in [0.15, 0.2) is 23.1 Å². The predicted molar refractivity (Wildman–Crippen MR) is 80.3 cm³/mol. The molecule has 0 amide bonds. The average molecular weight is 290 g/mol. The van der Waals surface area contributed by atoms with Crippen LogP contribution in [0.25, 0.3) is 5.65 Å². The minimum Gasteiger partial charge on any atom is -0.368 e. The molecule has 1 unspecified atom stereocenters. The van der Waals surface area contributed by atoms with Crippen molar-refractivity contribution in [2.75, 3.05) is 0 Å². The first kappa shape index (κ1) is 14.3. The summed E-state index contributed by atoms with van der Waals surface area (Å²) >= 11 is 0. The van der Waals surface area contributed by atoms with E-state index in [0.717, 1.165) is 12.1 Å². The van der Waals surface area contributed by atoms with E-state index in [0.29, 0.717) is 12.2 Å². The van der Waals surface area contributed by atoms with Crippen molar-refractivity contribution in [2.24, 2.45) is 0 Å². The number of nitrogens with one attached hydrogen (secondary N) is 2. The fourth-order valence-electron chi connectivity index (χ4n) is 3.18. The summed E-state index contributed by atoms with van der Waals surface area (Å²) in [6, 6.07) is 3.58. The molecule has 2 aromatic rings. The third-order valence-electron chi connectivity index (χ3n) is 4.04. The van der Waals surface area contributed by atoms with Gasteiger partial charge in [-0.1, -0.05) is 0 Å². The first-order valence-electron chi connectivity index (χ1n) is 7.26. The van der Waals surface area contributed by atoms with Crippen LogP contribution in [0.2, 0.25) is 0 Å². The van der Waals surface area contributed by atoms with Gasteiger partial charge in [0.05, 0.1) is 16.9 Å². The summed E-state index contributed by atoms with van der Waals surface area (Å²) in [4.78, 5) is 16.4. The molecule has 0 spiro atoms. The molecule has 2 aromatic heterocycles. The Kier molecular flexibility index (Phi) is 3.18. The minimum atomic E-state index is -0.225. The van der Waals surface area contributed by atoms with E-state index in [9.17, 15) is 4.79 Å². The summed E-state index contributed by atoms with van der Waals surface area (Å²) in [6.07, 6.45) is 2.64. The van der Waals surface area contributed by atoms with Gasteiger partial charge >= 0.3 is 0 Å². The molecular formula is C15H22N4O2. The lowest BCUT2D eigenvalue weighted by Gasteiger charge is -2.27. The van der Waals surface area contributed by atoms with Crippen LogP contribution >= 0.6 is 0 Å². The lowest BCUT2D eigenvalue weighted by atomic mass is 9.94. The summed E-state index contributed by atoms with van der Waals surface area (Å²) in [5.74, 6) is 0. The molecule has 21 heavy (non-hydrogen) atoms. The van der Waals surface area contributed by atoms with Crippen molar-refractivity contribution in [3.63, 3.8) is 0 Å². The van der Waals surface area contributed by atoms with E-state index < -0.39 is 0 Å². The molecule has 1 aliphatic heterocycles. The lowest BCUT2D eigenvalue weighted by Crippen LogP contribution is -2.43. The molecule has 0 radical (unpaired) electrons. The number of rotatable bonds is 3. The standard InChI is InChI=1S/C15H22N4O2/c1-14(2)8-11(15(3,4)21-14)16-9-10-7-13(20)19-12(18-10)5-6-17-19/h5-7,11,16-17H,8-9H2,1-4H3. The highest BCUT2D eigenvalue weighted by molar-refractivity contribution is 5.36. The van der Waals surface area contributed by atoms with Crippen molar-refractivity contribution in [3.05, 3.63) is 34.4 Å². The van der Waals surface area contributed by atoms with E-state index in [2.05, 4.69) is 43.1 Å². The van der Waals surface area contributed by atoms with Gasteiger partial charge in [0.15, 0.2) is 5.65 Å². The minimum absolute atomic E-state index is 0.0935. The Hall–Kier alpha value is -1.66. The van der Waals surface area contributed by atoms with Crippen LogP contribution in [0.3, 0.4) is 0 Å². The van der Waals surface area contributed by atoms with Crippen LogP contribution < -0.4 is 10.9 Å². The smallest absolute Gasteiger partial charge is 0.272 e. The van der Waals surface area contributed by atoms with E-state index in [1.54, 1.807) is 18.3 Å². The van der Waals surface area contributed by atoms with Gasteiger partial charge in [0.1, 0.15) is 0 Å². The number of aromatic nitrogens is 3. The molecule has 1 aliphatic rings. The molecule has 114 valence electrons. The zero-order valence-corrected chi connectivity index (χ0v) is 12.9. The third-order valence-corrected chi connectivity index (χ3v) is 4.04. The average Bonchev–Trinajstić information content (AvgIpc) is 2.88. The van der Waals surface area contributed by atoms with Gasteiger partial charge in [0, 0.05) is 30.9 Å². The van der Waals surface area contributed by atoms with Crippen molar-refractivity contribution in [1.82, 2.24) is 19.9 Å². The van der Waals surface area contributed by atoms with Crippen LogP contribution in [0.4, 0.5) is 0 Å². The first-order valence-corrected chi connectivity index (χ1v) is 7.26. The predicted octanol–water partition coefficient (Wildman–Crippen LogP) is 1.46. The summed E-state index contributed by atoms with van der Waals surface area (Å²) < 4.78 is 7.49. The number of hydrogen-bond acceptors (Lipinski definition) is 4. The van der Waals surface area contributed by atoms with Gasteiger partial charge in [-0.15, -0.1) is 0 Å². The summed E-state index contributed by atoms with van der Waals surface area (Å²) in [6.45, 7) is 8.96. The van der Waals surface area contributed by atoms with Crippen LogP contribution in [-0.2, 0) is 11.3 Å². The van der Waals surface area contributed by atoms with Gasteiger partial charge in [-0.05, 0) is 34.1 Å². The topological polar surface area (TPSA) is 71.4 Å². The molecule has 0 saturated carbocycles. The maximum Gasteiger partial charge on any atom is 0.272 e. The SMILES string of the molecule is CC1(C)CC(NCc2cc(=O)n3[nH]ccc3n2)C(C)(C)O1. The highest BCUT2D eigenvalue weighted by Crippen LogP contribution is 2.37. The van der Waals surface area contributed by atoms with Gasteiger partial charge in [-0.2, -0.15) is 0 Å². The summed E-state index contributed by atoms with van der Waals surface area (Å²) in [7, 11) is 0. The number of fused-ring (bicyclic) bond motifs is 1. The molecule has 1 atom stereocenters. The van der Waals surface area contributed by atoms with Crippen LogP contribution in [0, 0.1) is 0 Å². The quantitative estimate of drug-likeness (QED) is 0.897. The Bertz CT molecular complexity index is 714. The van der Waals surface area contributed by atoms with E-state index in [4.69, 9.17) is 4.74 Å². The summed E-state index contributed by atoms with van der Waals surface area (Å²) in [5, 5.41) is 6.32. The van der Waals surface area contributed by atoms with Crippen LogP contribution in [-0.4, -0.2) is 31.8 Å². The van der Waals surface area contributed by atoms with Crippen molar-refractivity contribution >= 4 is 5.65 Å². The van der Waals surface area contributed by atoms with Gasteiger partial charge < -0.3 is 10.1 Å². The number of nitrogens with zero attached hydrogens (tertiary/aromatic N) is 2. The van der Waals surface area contributed by atoms with Gasteiger partial charge in [0.2, 0.25) is 0 Å². The summed E-state index contributed by atoms with van der Waals surface area (Å²) in [5.41, 5.74) is 0.945. The normalized spacial score (nSPS) is 23.7. The molecule has 3 heterocycles. The molecular weight excluding hydrogens is 268 g/mol. The van der Waals surface area contributed by atoms with Crippen LogP contribution in [0.5, 0.6) is 0 Å². The van der Waals surface area contributed by atoms with Crippen molar-refractivity contribution < 1.29 is 4.74 Å². The largest absolute Gasteiger partial charge is 0.368 e. The maximum absolute atomic E-state index is 11.9. The molecule has 0 aliphatic carbocycles. The van der Waals surface area contributed by atoms with Gasteiger partial charge in [-0.3, -0.25) is 9.89 Å². The second-order valence-corrected chi connectivity index (χ2v) is 6.84. The van der Waals surface area contributed by atoms with Gasteiger partial charge in [0.25, 0.3) is 5.56 Å². The highest BCUT2D eigenvalue weighted by atomic mass is 16.5. The zero-order valence-electron chi connectivity index (χ0n) is 12.9. The molecule has 1 fully saturated rings. The molecule has 3 rings (SSSR count). The lowest BCUT2D eigenvalue weighted by molar-refractivity contribution is -0.0699. The highest BCUT2D eigenvalue weighted by Gasteiger charge is 2.45. The Morgan fingerprint density at radius 1 is 1.48 bits per heavy atom. The van der Waals surface area contributed by atoms with E-state index >= 15 is 0 Å². The Morgan fingerprint density at radius 2 is 2.24 bits per heavy atom. The monoisotopic (exact) mass is 290 g/mol. The number of H-pyrrole nitrogens is 1. The van der Waals surface area contributed by atoms with E-state index in [-0.39, 0.29) is 22.8 Å². The Balaban J connectivity index is 1.76. The van der Waals surface area contributed by atoms with Crippen molar-refractivity contribution in [1.29, 1.82) is 0 Å². The van der Waals surface area contributed by atoms with E-state index in [1.165, 1.54) is 4.52 Å². The van der Waals surface area contributed by atoms with E-state index in [1.807, 2.05) is 0 Å². The van der Waals surface area contributed by atoms with Crippen LogP contribution in [0.1, 0.15) is 39.8 Å². The number of hydrogen-bond donors (Lipinski definition) is 2. The maximum atomic E-state index is 11.9. The molecule has 2 N–H and O–H groups in total. The second-order valence-electron chi connectivity index (χ2n) is 6.84. The molecule has 6 heteroatoms.